The smallest absolute Gasteiger partial charge is 0.175 e. The first kappa shape index (κ1) is 18.7. The molecule has 8 heteroatoms. The molecule has 21 heavy (non-hydrogen) atoms. The number of hydrogen-bond donors (Lipinski definition) is 5. The molecule has 0 aromatic heterocycles. The lowest BCUT2D eigenvalue weighted by molar-refractivity contribution is -0.873. The van der Waals surface area contributed by atoms with E-state index in [1.165, 1.54) is 7.11 Å². The molecule has 1 fully saturated rings. The van der Waals surface area contributed by atoms with Gasteiger partial charge in [-0.3, -0.25) is 0 Å². The van der Waals surface area contributed by atoms with Gasteiger partial charge in [-0.1, -0.05) is 0 Å². The molecule has 0 spiro atoms. The van der Waals surface area contributed by atoms with Crippen molar-refractivity contribution in [1.29, 1.82) is 0 Å². The van der Waals surface area contributed by atoms with Gasteiger partial charge in [-0.15, -0.1) is 0 Å². The lowest BCUT2D eigenvalue weighted by Gasteiger charge is -2.42. The molecule has 8 nitrogen and oxygen atoms in total. The van der Waals surface area contributed by atoms with E-state index in [4.69, 9.17) is 14.6 Å². The molecule has 1 saturated heterocycles. The molecule has 0 saturated carbocycles. The second-order valence-corrected chi connectivity index (χ2v) is 6.50. The van der Waals surface area contributed by atoms with E-state index in [-0.39, 0.29) is 6.54 Å². The fraction of sp³-hybridized carbons (Fsp3) is 1.00. The number of methoxy groups -OCH3 is 1. The summed E-state index contributed by atoms with van der Waals surface area (Å²) in [6.45, 7) is 0.363. The van der Waals surface area contributed by atoms with Crippen molar-refractivity contribution in [2.24, 2.45) is 0 Å². The number of likely N-dealkylation sites (N-methyl/N-ethyl adjacent to an activating group) is 1. The van der Waals surface area contributed by atoms with Gasteiger partial charge in [0.05, 0.1) is 33.8 Å². The maximum Gasteiger partial charge on any atom is 0.175 e. The molecule has 1 aliphatic heterocycles. The molecule has 1 aliphatic rings. The van der Waals surface area contributed by atoms with Crippen LogP contribution < -0.4 is 5.32 Å². The zero-order chi connectivity index (χ0) is 16.2. The largest absolute Gasteiger partial charge is 0.394 e. The maximum atomic E-state index is 10.1. The topological polar surface area (TPSA) is 111 Å². The number of nitrogens with zero attached hydrogens (tertiary/aromatic N) is 1. The summed E-state index contributed by atoms with van der Waals surface area (Å²) in [5, 5.41) is 42.1. The van der Waals surface area contributed by atoms with E-state index >= 15 is 0 Å². The number of rotatable bonds is 7. The fourth-order valence-corrected chi connectivity index (χ4v) is 2.47. The molecule has 0 aliphatic carbocycles. The first-order valence-corrected chi connectivity index (χ1v) is 7.06. The van der Waals surface area contributed by atoms with E-state index in [2.05, 4.69) is 5.32 Å². The highest BCUT2D eigenvalue weighted by Gasteiger charge is 2.44. The average molecular weight is 309 g/mol. The molecule has 6 unspecified atom stereocenters. The van der Waals surface area contributed by atoms with Crippen molar-refractivity contribution in [2.45, 2.75) is 36.7 Å². The Balaban J connectivity index is 2.59. The Kier molecular flexibility index (Phi) is 6.95. The first-order valence-electron chi connectivity index (χ1n) is 7.06. The van der Waals surface area contributed by atoms with E-state index in [9.17, 15) is 15.3 Å². The third kappa shape index (κ3) is 5.42. The minimum Gasteiger partial charge on any atom is -0.394 e. The van der Waals surface area contributed by atoms with E-state index < -0.39 is 43.4 Å². The molecule has 0 aromatic carbocycles. The van der Waals surface area contributed by atoms with Crippen LogP contribution in [0.5, 0.6) is 0 Å². The van der Waals surface area contributed by atoms with Crippen LogP contribution in [0.3, 0.4) is 0 Å². The van der Waals surface area contributed by atoms with E-state index in [1.807, 2.05) is 21.1 Å². The number of aliphatic hydroxyl groups is 4. The van der Waals surface area contributed by atoms with Crippen molar-refractivity contribution >= 4 is 0 Å². The second-order valence-electron chi connectivity index (χ2n) is 6.50. The molecular weight excluding hydrogens is 280 g/mol. The zero-order valence-electron chi connectivity index (χ0n) is 13.1. The van der Waals surface area contributed by atoms with E-state index in [0.29, 0.717) is 11.0 Å². The average Bonchev–Trinajstić information content (AvgIpc) is 2.38. The van der Waals surface area contributed by atoms with Gasteiger partial charge in [-0.2, -0.15) is 0 Å². The molecule has 0 aromatic rings. The summed E-state index contributed by atoms with van der Waals surface area (Å²) < 4.78 is 11.1. The van der Waals surface area contributed by atoms with Crippen LogP contribution in [-0.4, -0.2) is 110 Å². The number of nitrogens with one attached hydrogen (secondary N) is 1. The Morgan fingerprint density at radius 3 is 2.33 bits per heavy atom. The highest BCUT2D eigenvalue weighted by Crippen LogP contribution is 2.21. The van der Waals surface area contributed by atoms with Gasteiger partial charge in [0.25, 0.3) is 0 Å². The minimum absolute atomic E-state index is 0.233. The Hall–Kier alpha value is -0.320. The summed E-state index contributed by atoms with van der Waals surface area (Å²) in [7, 11) is 7.32. The van der Waals surface area contributed by atoms with Crippen LogP contribution >= 0.6 is 0 Å². The van der Waals surface area contributed by atoms with Gasteiger partial charge in [-0.05, 0) is 0 Å². The number of quaternary nitrogens is 1. The molecule has 1 heterocycles. The highest BCUT2D eigenvalue weighted by atomic mass is 16.7. The summed E-state index contributed by atoms with van der Waals surface area (Å²) >= 11 is 0. The fourth-order valence-electron chi connectivity index (χ4n) is 2.47. The number of aliphatic hydroxyl groups excluding tert-OH is 4. The molecule has 126 valence electrons. The predicted octanol–water partition coefficient (Wildman–Crippen LogP) is -2.90. The van der Waals surface area contributed by atoms with Crippen molar-refractivity contribution in [2.75, 3.05) is 47.9 Å². The van der Waals surface area contributed by atoms with Gasteiger partial charge in [0.2, 0.25) is 0 Å². The molecule has 0 amide bonds. The van der Waals surface area contributed by atoms with Crippen LogP contribution in [0.15, 0.2) is 0 Å². The predicted molar refractivity (Wildman–Crippen MR) is 75.5 cm³/mol. The van der Waals surface area contributed by atoms with Crippen LogP contribution in [0, 0.1) is 0 Å². The van der Waals surface area contributed by atoms with Crippen LogP contribution in [0.25, 0.3) is 0 Å². The lowest BCUT2D eigenvalue weighted by atomic mass is 9.97. The normalized spacial score (nSPS) is 35.7. The van der Waals surface area contributed by atoms with Crippen LogP contribution in [0.4, 0.5) is 0 Å². The van der Waals surface area contributed by atoms with Crippen molar-refractivity contribution in [1.82, 2.24) is 5.32 Å². The van der Waals surface area contributed by atoms with E-state index in [1.54, 1.807) is 0 Å². The summed E-state index contributed by atoms with van der Waals surface area (Å²) in [5.74, 6) is 0. The van der Waals surface area contributed by atoms with E-state index in [0.717, 1.165) is 0 Å². The Bertz CT molecular complexity index is 310. The third-order valence-electron chi connectivity index (χ3n) is 3.46. The quantitative estimate of drug-likeness (QED) is 0.321. The first-order chi connectivity index (χ1) is 9.69. The lowest BCUT2D eigenvalue weighted by Crippen LogP contribution is -2.64. The Morgan fingerprint density at radius 2 is 1.86 bits per heavy atom. The van der Waals surface area contributed by atoms with Gasteiger partial charge >= 0.3 is 0 Å². The SMILES string of the molecule is COC1OC(CO)C(O)C(O)C1NCC(O)C[N+](C)(C)C. The third-order valence-corrected chi connectivity index (χ3v) is 3.46. The van der Waals surface area contributed by atoms with Gasteiger partial charge in [0, 0.05) is 13.7 Å². The van der Waals surface area contributed by atoms with Crippen molar-refractivity contribution in [3.05, 3.63) is 0 Å². The zero-order valence-corrected chi connectivity index (χ0v) is 13.1. The summed E-state index contributed by atoms with van der Waals surface area (Å²) in [4.78, 5) is 0. The van der Waals surface area contributed by atoms with Crippen molar-refractivity contribution < 1.29 is 34.4 Å². The molecule has 0 radical (unpaired) electrons. The summed E-state index contributed by atoms with van der Waals surface area (Å²) in [5.41, 5.74) is 0. The number of hydrogen-bond acceptors (Lipinski definition) is 7. The standard InChI is InChI=1S/C13H29N2O6/c1-15(2,3)6-8(17)5-14-10-12(19)11(18)9(7-16)21-13(10)20-4/h8-14,16-19H,5-7H2,1-4H3/q+1. The summed E-state index contributed by atoms with van der Waals surface area (Å²) in [6, 6.07) is -0.685. The van der Waals surface area contributed by atoms with Gasteiger partial charge in [0.15, 0.2) is 6.29 Å². The monoisotopic (exact) mass is 309 g/mol. The Morgan fingerprint density at radius 1 is 1.24 bits per heavy atom. The second kappa shape index (κ2) is 7.80. The minimum atomic E-state index is -1.21. The van der Waals surface area contributed by atoms with Gasteiger partial charge in [-0.25, -0.2) is 0 Å². The van der Waals surface area contributed by atoms with Crippen LogP contribution in [-0.2, 0) is 9.47 Å². The number of ether oxygens (including phenoxy) is 2. The van der Waals surface area contributed by atoms with Gasteiger partial charge in [0.1, 0.15) is 31.0 Å². The van der Waals surface area contributed by atoms with Gasteiger partial charge < -0.3 is 39.7 Å². The van der Waals surface area contributed by atoms with Crippen molar-refractivity contribution in [3.63, 3.8) is 0 Å². The molecule has 1 rings (SSSR count). The summed E-state index contributed by atoms with van der Waals surface area (Å²) in [6.07, 6.45) is -4.68. The van der Waals surface area contributed by atoms with Crippen molar-refractivity contribution in [3.8, 4) is 0 Å². The highest BCUT2D eigenvalue weighted by molar-refractivity contribution is 4.93. The Labute approximate surface area is 125 Å². The molecule has 0 bridgehead atoms. The maximum absolute atomic E-state index is 10.1. The van der Waals surface area contributed by atoms with Crippen LogP contribution in [0.2, 0.25) is 0 Å². The molecule has 6 atom stereocenters. The van der Waals surface area contributed by atoms with Crippen LogP contribution in [0.1, 0.15) is 0 Å². The molecule has 5 N–H and O–H groups in total. The molecular formula is C13H29N2O6+.